The normalized spacial score (nSPS) is 20.7. The molecular formula is C22H27NO8. The van der Waals surface area contributed by atoms with Crippen LogP contribution in [0.25, 0.3) is 6.08 Å². The number of nitrogens with zero attached hydrogens (tertiary/aromatic N) is 1. The van der Waals surface area contributed by atoms with Crippen molar-refractivity contribution in [1.82, 2.24) is 4.90 Å². The molecule has 0 unspecified atom stereocenters. The van der Waals surface area contributed by atoms with Crippen molar-refractivity contribution in [2.45, 2.75) is 19.4 Å². The molecule has 9 heteroatoms. The van der Waals surface area contributed by atoms with Crippen molar-refractivity contribution >= 4 is 30.1 Å². The number of hydrogen-bond donors (Lipinski definition) is 0. The molecular weight excluding hydrogens is 406 g/mol. The molecule has 1 aromatic carbocycles. The van der Waals surface area contributed by atoms with Crippen LogP contribution in [0.1, 0.15) is 29.3 Å². The molecule has 1 aliphatic rings. The standard InChI is InChI=1S/C22H27NO8/c1-13(10-14-6-8-15(9-7-14)20(25)29-3)17-12-23(22(27)31-5)19(21(26)30-4)16(17)11-18(24)28-2/h6-10,16-17,19H,11-12H2,1-5H3/b13-10+/t16-,17+,19-/m0/s1. The Kier molecular flexibility index (Phi) is 8.18. The van der Waals surface area contributed by atoms with Gasteiger partial charge >= 0.3 is 24.0 Å². The zero-order chi connectivity index (χ0) is 23.1. The summed E-state index contributed by atoms with van der Waals surface area (Å²) in [5, 5.41) is 0. The quantitative estimate of drug-likeness (QED) is 0.497. The summed E-state index contributed by atoms with van der Waals surface area (Å²) in [6.07, 6.45) is 1.13. The van der Waals surface area contributed by atoms with Crippen LogP contribution in [0.3, 0.4) is 0 Å². The van der Waals surface area contributed by atoms with Gasteiger partial charge < -0.3 is 18.9 Å². The lowest BCUT2D eigenvalue weighted by atomic mass is 9.82. The van der Waals surface area contributed by atoms with Gasteiger partial charge in [0.05, 0.1) is 40.4 Å². The Hall–Kier alpha value is -3.36. The van der Waals surface area contributed by atoms with Crippen LogP contribution in [0.15, 0.2) is 29.8 Å². The van der Waals surface area contributed by atoms with Gasteiger partial charge in [0.25, 0.3) is 0 Å². The minimum atomic E-state index is -0.980. The topological polar surface area (TPSA) is 108 Å². The van der Waals surface area contributed by atoms with Crippen molar-refractivity contribution in [2.24, 2.45) is 11.8 Å². The van der Waals surface area contributed by atoms with E-state index in [1.54, 1.807) is 24.3 Å². The van der Waals surface area contributed by atoms with Gasteiger partial charge in [0.2, 0.25) is 0 Å². The number of hydrogen-bond acceptors (Lipinski definition) is 8. The maximum Gasteiger partial charge on any atom is 0.410 e. The van der Waals surface area contributed by atoms with Gasteiger partial charge in [0, 0.05) is 18.4 Å². The molecule has 1 amide bonds. The summed E-state index contributed by atoms with van der Waals surface area (Å²) in [5.74, 6) is -2.43. The van der Waals surface area contributed by atoms with E-state index >= 15 is 0 Å². The van der Waals surface area contributed by atoms with Gasteiger partial charge in [0.15, 0.2) is 0 Å². The smallest absolute Gasteiger partial charge is 0.410 e. The van der Waals surface area contributed by atoms with Gasteiger partial charge in [-0.3, -0.25) is 9.69 Å². The van der Waals surface area contributed by atoms with Crippen molar-refractivity contribution in [1.29, 1.82) is 0 Å². The van der Waals surface area contributed by atoms with Gasteiger partial charge in [-0.2, -0.15) is 0 Å². The molecule has 1 fully saturated rings. The van der Waals surface area contributed by atoms with Crippen LogP contribution in [0.2, 0.25) is 0 Å². The number of rotatable bonds is 6. The Morgan fingerprint density at radius 2 is 1.61 bits per heavy atom. The second-order valence-electron chi connectivity index (χ2n) is 7.14. The zero-order valence-electron chi connectivity index (χ0n) is 18.2. The summed E-state index contributed by atoms with van der Waals surface area (Å²) in [7, 11) is 5.03. The second-order valence-corrected chi connectivity index (χ2v) is 7.14. The summed E-state index contributed by atoms with van der Waals surface area (Å²) >= 11 is 0. The van der Waals surface area contributed by atoms with Gasteiger partial charge in [-0.05, 0) is 24.6 Å². The van der Waals surface area contributed by atoms with Gasteiger partial charge in [0.1, 0.15) is 6.04 Å². The number of benzene rings is 1. The Balaban J connectivity index is 2.40. The van der Waals surface area contributed by atoms with Crippen molar-refractivity contribution in [3.63, 3.8) is 0 Å². The molecule has 0 radical (unpaired) electrons. The molecule has 1 heterocycles. The highest BCUT2D eigenvalue weighted by molar-refractivity contribution is 5.89. The Bertz CT molecular complexity index is 861. The average molecular weight is 433 g/mol. The molecule has 0 saturated carbocycles. The van der Waals surface area contributed by atoms with E-state index < -0.39 is 36.0 Å². The lowest BCUT2D eigenvalue weighted by molar-refractivity contribution is -0.148. The van der Waals surface area contributed by atoms with E-state index in [0.29, 0.717) is 5.56 Å². The Morgan fingerprint density at radius 3 is 2.13 bits per heavy atom. The first-order valence-corrected chi connectivity index (χ1v) is 9.63. The summed E-state index contributed by atoms with van der Waals surface area (Å²) in [5.41, 5.74) is 2.08. The molecule has 2 rings (SSSR count). The first kappa shape index (κ1) is 23.9. The van der Waals surface area contributed by atoms with Crippen LogP contribution in [0.4, 0.5) is 4.79 Å². The summed E-state index contributed by atoms with van der Waals surface area (Å²) in [6, 6.07) is 5.82. The molecule has 1 aliphatic heterocycles. The third-order valence-corrected chi connectivity index (χ3v) is 5.44. The SMILES string of the molecule is COC(=O)C[C@H]1[C@@H](/C(C)=C/c2ccc(C(=O)OC)cc2)CN(C(=O)OC)[C@@H]1C(=O)OC. The average Bonchev–Trinajstić information content (AvgIpc) is 3.16. The highest BCUT2D eigenvalue weighted by Crippen LogP contribution is 2.38. The van der Waals surface area contributed by atoms with Gasteiger partial charge in [-0.15, -0.1) is 0 Å². The monoisotopic (exact) mass is 433 g/mol. The molecule has 0 bridgehead atoms. The largest absolute Gasteiger partial charge is 0.469 e. The van der Waals surface area contributed by atoms with Crippen LogP contribution in [0, 0.1) is 11.8 Å². The molecule has 168 valence electrons. The number of likely N-dealkylation sites (tertiary alicyclic amines) is 1. The molecule has 0 N–H and O–H groups in total. The molecule has 0 aliphatic carbocycles. The van der Waals surface area contributed by atoms with E-state index in [-0.39, 0.29) is 18.9 Å². The molecule has 31 heavy (non-hydrogen) atoms. The van der Waals surface area contributed by atoms with E-state index in [4.69, 9.17) is 18.9 Å². The first-order valence-electron chi connectivity index (χ1n) is 9.63. The van der Waals surface area contributed by atoms with E-state index in [1.165, 1.54) is 33.3 Å². The van der Waals surface area contributed by atoms with Crippen LogP contribution in [0.5, 0.6) is 0 Å². The predicted octanol–water partition coefficient (Wildman–Crippen LogP) is 2.30. The van der Waals surface area contributed by atoms with Crippen molar-refractivity contribution in [3.8, 4) is 0 Å². The highest BCUT2D eigenvalue weighted by Gasteiger charge is 2.50. The van der Waals surface area contributed by atoms with Crippen LogP contribution < -0.4 is 0 Å². The van der Waals surface area contributed by atoms with E-state index in [2.05, 4.69) is 0 Å². The maximum absolute atomic E-state index is 12.5. The minimum absolute atomic E-state index is 0.0686. The van der Waals surface area contributed by atoms with Crippen LogP contribution in [-0.4, -0.2) is 69.9 Å². The highest BCUT2D eigenvalue weighted by atomic mass is 16.6. The van der Waals surface area contributed by atoms with Crippen molar-refractivity contribution < 1.29 is 38.1 Å². The van der Waals surface area contributed by atoms with Crippen LogP contribution in [-0.2, 0) is 28.5 Å². The Morgan fingerprint density at radius 1 is 0.968 bits per heavy atom. The number of carbonyl (C=O) groups is 4. The number of amides is 1. The summed E-state index contributed by atoms with van der Waals surface area (Å²) in [6.45, 7) is 2.04. The lowest BCUT2D eigenvalue weighted by Gasteiger charge is -2.25. The zero-order valence-corrected chi connectivity index (χ0v) is 18.2. The van der Waals surface area contributed by atoms with Gasteiger partial charge in [-0.1, -0.05) is 23.8 Å². The summed E-state index contributed by atoms with van der Waals surface area (Å²) in [4.78, 5) is 49.8. The lowest BCUT2D eigenvalue weighted by Crippen LogP contribution is -2.44. The fraction of sp³-hybridized carbons (Fsp3) is 0.455. The second kappa shape index (κ2) is 10.6. The molecule has 9 nitrogen and oxygen atoms in total. The van der Waals surface area contributed by atoms with Crippen molar-refractivity contribution in [2.75, 3.05) is 35.0 Å². The van der Waals surface area contributed by atoms with E-state index in [1.807, 2.05) is 13.0 Å². The number of carbonyl (C=O) groups excluding carboxylic acids is 4. The fourth-order valence-electron chi connectivity index (χ4n) is 3.85. The fourth-order valence-corrected chi connectivity index (χ4v) is 3.85. The third-order valence-electron chi connectivity index (χ3n) is 5.44. The van der Waals surface area contributed by atoms with E-state index in [0.717, 1.165) is 11.1 Å². The molecule has 1 saturated heterocycles. The maximum atomic E-state index is 12.5. The van der Waals surface area contributed by atoms with Gasteiger partial charge in [-0.25, -0.2) is 14.4 Å². The molecule has 0 spiro atoms. The summed E-state index contributed by atoms with van der Waals surface area (Å²) < 4.78 is 19.2. The van der Waals surface area contributed by atoms with Crippen LogP contribution >= 0.6 is 0 Å². The number of esters is 3. The Labute approximate surface area is 180 Å². The molecule has 3 atom stereocenters. The predicted molar refractivity (Wildman–Crippen MR) is 110 cm³/mol. The van der Waals surface area contributed by atoms with E-state index in [9.17, 15) is 19.2 Å². The third kappa shape index (κ3) is 5.42. The molecule has 0 aromatic heterocycles. The van der Waals surface area contributed by atoms with Crippen molar-refractivity contribution in [3.05, 3.63) is 41.0 Å². The first-order chi connectivity index (χ1) is 14.8. The minimum Gasteiger partial charge on any atom is -0.469 e. The molecule has 1 aromatic rings. The number of methoxy groups -OCH3 is 4. The number of ether oxygens (including phenoxy) is 4.